The maximum absolute atomic E-state index is 7.81. The molecule has 6 heteroatoms. The van der Waals surface area contributed by atoms with Crippen LogP contribution in [0.3, 0.4) is 0 Å². The molecule has 11 rings (SSSR count). The van der Waals surface area contributed by atoms with Crippen molar-refractivity contribution in [3.8, 4) is 0 Å². The molecule has 1 aromatic heterocycles. The van der Waals surface area contributed by atoms with E-state index in [1.807, 2.05) is 0 Å². The van der Waals surface area contributed by atoms with Gasteiger partial charge in [-0.3, -0.25) is 0 Å². The van der Waals surface area contributed by atoms with E-state index in [2.05, 4.69) is 259 Å². The summed E-state index contributed by atoms with van der Waals surface area (Å²) in [7, 11) is -1.58. The van der Waals surface area contributed by atoms with Crippen LogP contribution in [-0.2, 0) is 32.5 Å². The maximum Gasteiger partial charge on any atom is 0.297 e. The zero-order chi connectivity index (χ0) is 52.2. The monoisotopic (exact) mass is 982 g/mol. The average molecular weight is 982 g/mol. The lowest BCUT2D eigenvalue weighted by Gasteiger charge is -2.46. The second-order valence-corrected chi connectivity index (χ2v) is 33.2. The Morgan fingerprint density at radius 2 is 1.08 bits per heavy atom. The number of para-hydroxylation sites is 1. The van der Waals surface area contributed by atoms with Gasteiger partial charge in [-0.1, -0.05) is 182 Å². The minimum absolute atomic E-state index is 0.0190. The standard InChI is InChI=1S/C67H80BN3OSi/c1-62(2,3)43-22-21-25-47(38-43)70-54-39-44(63(4,5)6)26-33-53(54)68-58-55(70)41-49(69(45-23-19-18-20-24-45)46-27-30-50(31-28-46)73(15,16)17)42-56(58)71(48-29-32-51-52(40-48)65(9,10)35-34-64(51,7)8)59-57-60(72-61(59)68)67(13,14)37-36-66(57,11)12/h18-33,38-42H,34-37H2,1-17H3. The number of anilines is 9. The number of nitrogens with zero attached hydrogens (tertiary/aromatic N) is 3. The quantitative estimate of drug-likeness (QED) is 0.155. The normalized spacial score (nSPS) is 18.1. The summed E-state index contributed by atoms with van der Waals surface area (Å²) in [6.07, 6.45) is 4.47. The Morgan fingerprint density at radius 1 is 0.507 bits per heavy atom. The molecule has 0 fully saturated rings. The fourth-order valence-electron chi connectivity index (χ4n) is 12.9. The molecule has 0 saturated carbocycles. The van der Waals surface area contributed by atoms with Gasteiger partial charge in [0.05, 0.1) is 25.1 Å². The molecule has 0 saturated heterocycles. The van der Waals surface area contributed by atoms with E-state index in [1.165, 1.54) is 84.5 Å². The van der Waals surface area contributed by atoms with Crippen LogP contribution < -0.4 is 36.5 Å². The van der Waals surface area contributed by atoms with Crippen LogP contribution in [-0.4, -0.2) is 14.8 Å². The second kappa shape index (κ2) is 16.4. The lowest BCUT2D eigenvalue weighted by atomic mass is 9.35. The van der Waals surface area contributed by atoms with E-state index >= 15 is 0 Å². The molecule has 73 heavy (non-hydrogen) atoms. The largest absolute Gasteiger partial charge is 0.472 e. The lowest BCUT2D eigenvalue weighted by Crippen LogP contribution is -2.61. The predicted molar refractivity (Wildman–Crippen MR) is 318 cm³/mol. The molecule has 0 N–H and O–H groups in total. The van der Waals surface area contributed by atoms with Crippen molar-refractivity contribution in [3.05, 3.63) is 161 Å². The molecule has 0 atom stereocenters. The van der Waals surface area contributed by atoms with Gasteiger partial charge in [0, 0.05) is 50.8 Å². The van der Waals surface area contributed by atoms with E-state index in [4.69, 9.17) is 4.42 Å². The topological polar surface area (TPSA) is 22.9 Å². The van der Waals surface area contributed by atoms with Crippen molar-refractivity contribution in [1.29, 1.82) is 0 Å². The van der Waals surface area contributed by atoms with Crippen LogP contribution in [0.4, 0.5) is 51.2 Å². The third kappa shape index (κ3) is 8.07. The molecule has 2 aliphatic heterocycles. The number of benzene rings is 6. The van der Waals surface area contributed by atoms with Crippen molar-refractivity contribution < 1.29 is 4.42 Å². The van der Waals surface area contributed by atoms with Crippen LogP contribution in [0.5, 0.6) is 0 Å². The molecule has 7 aromatic rings. The van der Waals surface area contributed by atoms with Crippen LogP contribution in [0.2, 0.25) is 19.6 Å². The van der Waals surface area contributed by atoms with Crippen molar-refractivity contribution in [2.45, 2.75) is 175 Å². The predicted octanol–water partition coefficient (Wildman–Crippen LogP) is 16.7. The van der Waals surface area contributed by atoms with Gasteiger partial charge in [0.25, 0.3) is 6.71 Å². The Kier molecular flexibility index (Phi) is 11.1. The molecular formula is C67H80BN3OSi. The molecule has 0 bridgehead atoms. The second-order valence-electron chi connectivity index (χ2n) is 28.1. The van der Waals surface area contributed by atoms with Crippen LogP contribution in [0.25, 0.3) is 0 Å². The summed E-state index contributed by atoms with van der Waals surface area (Å²) < 4.78 is 7.81. The maximum atomic E-state index is 7.81. The summed E-state index contributed by atoms with van der Waals surface area (Å²) in [5, 5.41) is 1.45. The van der Waals surface area contributed by atoms with Crippen molar-refractivity contribution >= 4 is 87.7 Å². The first kappa shape index (κ1) is 49.5. The van der Waals surface area contributed by atoms with Crippen molar-refractivity contribution in [2.24, 2.45) is 0 Å². The van der Waals surface area contributed by atoms with Crippen molar-refractivity contribution in [2.75, 3.05) is 14.7 Å². The van der Waals surface area contributed by atoms with Gasteiger partial charge in [-0.25, -0.2) is 0 Å². The summed E-state index contributed by atoms with van der Waals surface area (Å²) >= 11 is 0. The number of furan rings is 1. The van der Waals surface area contributed by atoms with Gasteiger partial charge < -0.3 is 19.1 Å². The molecule has 6 aromatic carbocycles. The minimum Gasteiger partial charge on any atom is -0.472 e. The van der Waals surface area contributed by atoms with E-state index < -0.39 is 8.07 Å². The van der Waals surface area contributed by atoms with Crippen molar-refractivity contribution in [3.63, 3.8) is 0 Å². The highest BCUT2D eigenvalue weighted by atomic mass is 28.3. The number of fused-ring (bicyclic) bond motifs is 7. The zero-order valence-corrected chi connectivity index (χ0v) is 48.3. The first-order chi connectivity index (χ1) is 34.1. The molecule has 0 spiro atoms. The van der Waals surface area contributed by atoms with Gasteiger partial charge in [-0.2, -0.15) is 0 Å². The Morgan fingerprint density at radius 3 is 1.73 bits per heavy atom. The van der Waals surface area contributed by atoms with Gasteiger partial charge in [-0.05, 0) is 153 Å². The van der Waals surface area contributed by atoms with Gasteiger partial charge in [0.15, 0.2) is 0 Å². The Balaban J connectivity index is 1.31. The molecule has 0 radical (unpaired) electrons. The highest BCUT2D eigenvalue weighted by molar-refractivity contribution is 6.99. The summed E-state index contributed by atoms with van der Waals surface area (Å²) in [4.78, 5) is 7.82. The fourth-order valence-corrected chi connectivity index (χ4v) is 14.0. The van der Waals surface area contributed by atoms with Crippen LogP contribution in [0.1, 0.15) is 156 Å². The first-order valence-corrected chi connectivity index (χ1v) is 30.9. The van der Waals surface area contributed by atoms with Crippen LogP contribution in [0.15, 0.2) is 132 Å². The number of rotatable bonds is 6. The highest BCUT2D eigenvalue weighted by Crippen LogP contribution is 2.57. The number of hydrogen-bond acceptors (Lipinski definition) is 4. The molecule has 3 heterocycles. The third-order valence-corrected chi connectivity index (χ3v) is 19.8. The van der Waals surface area contributed by atoms with E-state index in [1.54, 1.807) is 0 Å². The molecule has 4 nitrogen and oxygen atoms in total. The smallest absolute Gasteiger partial charge is 0.297 e. The van der Waals surface area contributed by atoms with E-state index in [0.29, 0.717) is 0 Å². The summed E-state index contributed by atoms with van der Waals surface area (Å²) in [5.41, 5.74) is 20.9. The molecule has 0 amide bonds. The lowest BCUT2D eigenvalue weighted by molar-refractivity contribution is 0.282. The summed E-state index contributed by atoms with van der Waals surface area (Å²) in [6.45, 7) is 40.8. The Labute approximate surface area is 440 Å². The Hall–Kier alpha value is -5.72. The molecule has 4 aliphatic rings. The van der Waals surface area contributed by atoms with Gasteiger partial charge in [0.1, 0.15) is 5.76 Å². The summed E-state index contributed by atoms with van der Waals surface area (Å²) in [5.74, 6) is 1.15. The first-order valence-electron chi connectivity index (χ1n) is 27.4. The van der Waals surface area contributed by atoms with E-state index in [9.17, 15) is 0 Å². The van der Waals surface area contributed by atoms with Gasteiger partial charge in [-0.15, -0.1) is 0 Å². The summed E-state index contributed by atoms with van der Waals surface area (Å²) in [6, 6.07) is 49.9. The molecular weight excluding hydrogens is 902 g/mol. The van der Waals surface area contributed by atoms with Crippen LogP contribution in [0, 0.1) is 0 Å². The Bertz CT molecular complexity index is 3320. The minimum atomic E-state index is -1.58. The van der Waals surface area contributed by atoms with E-state index in [-0.39, 0.29) is 39.2 Å². The molecule has 376 valence electrons. The SMILES string of the molecule is CC(C)(C)c1cccc(N2c3cc(C(C)(C)C)ccc3B3c4oc5c(c4N(c4ccc6c(c4)C(C)(C)CCC6(C)C)c4cc(N(c6ccccc6)c6ccc([Si](C)(C)C)cc6)cc2c43)C(C)(C)CCC5(C)C)c1. The van der Waals surface area contributed by atoms with Gasteiger partial charge in [0.2, 0.25) is 0 Å². The third-order valence-electron chi connectivity index (χ3n) is 17.7. The molecule has 2 aliphatic carbocycles. The zero-order valence-electron chi connectivity index (χ0n) is 47.3. The average Bonchev–Trinajstić information content (AvgIpc) is 3.75. The number of hydrogen-bond donors (Lipinski definition) is 0. The highest BCUT2D eigenvalue weighted by Gasteiger charge is 2.53. The van der Waals surface area contributed by atoms with Gasteiger partial charge >= 0.3 is 0 Å². The van der Waals surface area contributed by atoms with E-state index in [0.717, 1.165) is 47.7 Å². The van der Waals surface area contributed by atoms with Crippen molar-refractivity contribution in [1.82, 2.24) is 0 Å². The molecule has 0 unspecified atom stereocenters. The fraction of sp³-hybridized carbons (Fsp3) is 0.403. The van der Waals surface area contributed by atoms with Crippen LogP contribution >= 0.6 is 0 Å².